The summed E-state index contributed by atoms with van der Waals surface area (Å²) in [4.78, 5) is 13.4. The third-order valence-corrected chi connectivity index (χ3v) is 6.45. The van der Waals surface area contributed by atoms with Crippen molar-refractivity contribution in [2.75, 3.05) is 0 Å². The average molecular weight is 379 g/mol. The molecule has 0 amide bonds. The van der Waals surface area contributed by atoms with Gasteiger partial charge in [-0.3, -0.25) is 4.79 Å². The standard InChI is InChI=1S/C25H30O3/c26-23(24(27)15-7-13-21(17-24)19-9-3-1-4-10-19)25(28)16-8-14-22(18-25)20-11-5-2-6-12-20/h7-9,11,13-16,27-28H,1-6,10,12,17-18H2. The summed E-state index contributed by atoms with van der Waals surface area (Å²) in [5.41, 5.74) is 1.19. The summed E-state index contributed by atoms with van der Waals surface area (Å²) in [6.45, 7) is 0. The smallest absolute Gasteiger partial charge is 0.204 e. The maximum Gasteiger partial charge on any atom is 0.204 e. The number of aliphatic hydroxyl groups is 2. The summed E-state index contributed by atoms with van der Waals surface area (Å²) in [5.74, 6) is -0.517. The first-order valence-electron chi connectivity index (χ1n) is 10.7. The highest BCUT2D eigenvalue weighted by Crippen LogP contribution is 2.39. The predicted molar refractivity (Wildman–Crippen MR) is 112 cm³/mol. The predicted octanol–water partition coefficient (Wildman–Crippen LogP) is 4.79. The molecule has 148 valence electrons. The second-order valence-electron chi connectivity index (χ2n) is 8.58. The van der Waals surface area contributed by atoms with Gasteiger partial charge < -0.3 is 10.2 Å². The van der Waals surface area contributed by atoms with Crippen LogP contribution in [0.1, 0.15) is 64.2 Å². The van der Waals surface area contributed by atoms with Gasteiger partial charge in [-0.2, -0.15) is 0 Å². The molecular formula is C25H30O3. The van der Waals surface area contributed by atoms with Crippen LogP contribution in [0, 0.1) is 0 Å². The van der Waals surface area contributed by atoms with Crippen molar-refractivity contribution in [2.24, 2.45) is 0 Å². The first kappa shape index (κ1) is 19.4. The highest BCUT2D eigenvalue weighted by atomic mass is 16.3. The fraction of sp³-hybridized carbons (Fsp3) is 0.480. The average Bonchev–Trinajstić information content (AvgIpc) is 2.74. The van der Waals surface area contributed by atoms with Gasteiger partial charge in [-0.1, -0.05) is 36.5 Å². The van der Waals surface area contributed by atoms with Gasteiger partial charge in [0.05, 0.1) is 0 Å². The number of allylic oxidation sites excluding steroid dienone is 8. The van der Waals surface area contributed by atoms with Crippen molar-refractivity contribution in [1.82, 2.24) is 0 Å². The number of ketones is 1. The molecule has 0 aliphatic heterocycles. The Hall–Kier alpha value is -1.97. The van der Waals surface area contributed by atoms with Crippen molar-refractivity contribution in [3.8, 4) is 0 Å². The molecule has 0 aromatic heterocycles. The molecule has 0 radical (unpaired) electrons. The van der Waals surface area contributed by atoms with Crippen LogP contribution in [0.3, 0.4) is 0 Å². The molecular weight excluding hydrogens is 348 g/mol. The molecule has 0 bridgehead atoms. The summed E-state index contributed by atoms with van der Waals surface area (Å²) in [5, 5.41) is 22.4. The topological polar surface area (TPSA) is 57.5 Å². The van der Waals surface area contributed by atoms with E-state index in [-0.39, 0.29) is 12.8 Å². The molecule has 3 heteroatoms. The fourth-order valence-corrected chi connectivity index (χ4v) is 4.85. The first-order chi connectivity index (χ1) is 13.5. The summed E-state index contributed by atoms with van der Waals surface area (Å²) in [6.07, 6.45) is 24.4. The second kappa shape index (κ2) is 7.81. The maximum atomic E-state index is 13.4. The van der Waals surface area contributed by atoms with E-state index in [0.717, 1.165) is 49.7 Å². The van der Waals surface area contributed by atoms with Crippen molar-refractivity contribution < 1.29 is 15.0 Å². The van der Waals surface area contributed by atoms with E-state index in [4.69, 9.17) is 0 Å². The molecule has 0 spiro atoms. The highest BCUT2D eigenvalue weighted by Gasteiger charge is 2.48. The normalized spacial score (nSPS) is 32.9. The van der Waals surface area contributed by atoms with Crippen LogP contribution in [0.25, 0.3) is 0 Å². The highest BCUT2D eigenvalue weighted by molar-refractivity contribution is 5.99. The number of carbonyl (C=O) groups excluding carboxylic acids is 1. The first-order valence-corrected chi connectivity index (χ1v) is 10.7. The van der Waals surface area contributed by atoms with Crippen LogP contribution in [0.2, 0.25) is 0 Å². The van der Waals surface area contributed by atoms with Crippen molar-refractivity contribution >= 4 is 5.78 Å². The molecule has 2 N–H and O–H groups in total. The van der Waals surface area contributed by atoms with Gasteiger partial charge in [0, 0.05) is 12.8 Å². The van der Waals surface area contributed by atoms with E-state index in [1.54, 1.807) is 24.3 Å². The van der Waals surface area contributed by atoms with Gasteiger partial charge in [-0.25, -0.2) is 0 Å². The molecule has 4 rings (SSSR count). The van der Waals surface area contributed by atoms with E-state index < -0.39 is 17.0 Å². The SMILES string of the molecule is O=C(C1(O)C=CC=C(C2=CCCCC2)C1)C1(O)C=CC=C(C2=CCCCC2)C1. The lowest BCUT2D eigenvalue weighted by molar-refractivity contribution is -0.148. The number of carbonyl (C=O) groups is 1. The molecule has 4 aliphatic rings. The van der Waals surface area contributed by atoms with Crippen LogP contribution >= 0.6 is 0 Å². The fourth-order valence-electron chi connectivity index (χ4n) is 4.85. The maximum absolute atomic E-state index is 13.4. The van der Waals surface area contributed by atoms with E-state index in [0.29, 0.717) is 0 Å². The minimum absolute atomic E-state index is 0.242. The molecule has 2 unspecified atom stereocenters. The van der Waals surface area contributed by atoms with Crippen molar-refractivity contribution in [2.45, 2.75) is 75.4 Å². The second-order valence-corrected chi connectivity index (χ2v) is 8.58. The van der Waals surface area contributed by atoms with Gasteiger partial charge in [0.2, 0.25) is 5.78 Å². The minimum atomic E-state index is -1.66. The van der Waals surface area contributed by atoms with E-state index >= 15 is 0 Å². The molecule has 2 atom stereocenters. The van der Waals surface area contributed by atoms with E-state index in [1.165, 1.54) is 24.0 Å². The van der Waals surface area contributed by atoms with Gasteiger partial charge in [0.15, 0.2) is 0 Å². The van der Waals surface area contributed by atoms with Crippen LogP contribution in [0.5, 0.6) is 0 Å². The Bertz CT molecular complexity index is 768. The monoisotopic (exact) mass is 378 g/mol. The molecule has 0 aromatic rings. The Balaban J connectivity index is 1.53. The van der Waals surface area contributed by atoms with E-state index in [1.807, 2.05) is 12.2 Å². The molecule has 0 aromatic carbocycles. The van der Waals surface area contributed by atoms with Gasteiger partial charge >= 0.3 is 0 Å². The molecule has 0 saturated carbocycles. The van der Waals surface area contributed by atoms with Crippen molar-refractivity contribution in [3.63, 3.8) is 0 Å². The minimum Gasteiger partial charge on any atom is -0.377 e. The van der Waals surface area contributed by atoms with Crippen LogP contribution < -0.4 is 0 Å². The molecule has 0 saturated heterocycles. The van der Waals surface area contributed by atoms with Crippen molar-refractivity contribution in [3.05, 3.63) is 70.9 Å². The van der Waals surface area contributed by atoms with Crippen LogP contribution in [-0.2, 0) is 4.79 Å². The summed E-state index contributed by atoms with van der Waals surface area (Å²) in [6, 6.07) is 0. The Kier molecular flexibility index (Phi) is 5.39. The van der Waals surface area contributed by atoms with E-state index in [2.05, 4.69) is 12.2 Å². The number of hydrogen-bond acceptors (Lipinski definition) is 3. The molecule has 28 heavy (non-hydrogen) atoms. The Morgan fingerprint density at radius 2 is 1.18 bits per heavy atom. The van der Waals surface area contributed by atoms with Crippen LogP contribution in [0.15, 0.2) is 70.9 Å². The largest absolute Gasteiger partial charge is 0.377 e. The molecule has 0 fully saturated rings. The van der Waals surface area contributed by atoms with Crippen molar-refractivity contribution in [1.29, 1.82) is 0 Å². The lowest BCUT2D eigenvalue weighted by atomic mass is 9.72. The molecule has 4 aliphatic carbocycles. The zero-order valence-corrected chi connectivity index (χ0v) is 16.5. The molecule has 3 nitrogen and oxygen atoms in total. The zero-order valence-electron chi connectivity index (χ0n) is 16.5. The number of hydrogen-bond donors (Lipinski definition) is 2. The van der Waals surface area contributed by atoms with Crippen LogP contribution in [0.4, 0.5) is 0 Å². The number of Topliss-reactive ketones (excluding diaryl/α,β-unsaturated/α-hetero) is 1. The number of rotatable bonds is 4. The van der Waals surface area contributed by atoms with Gasteiger partial charge in [0.25, 0.3) is 0 Å². The van der Waals surface area contributed by atoms with Gasteiger partial charge in [-0.15, -0.1) is 0 Å². The third-order valence-electron chi connectivity index (χ3n) is 6.45. The van der Waals surface area contributed by atoms with E-state index in [9.17, 15) is 15.0 Å². The Morgan fingerprint density at radius 3 is 1.57 bits per heavy atom. The summed E-state index contributed by atoms with van der Waals surface area (Å²) in [7, 11) is 0. The Morgan fingerprint density at radius 1 is 0.714 bits per heavy atom. The van der Waals surface area contributed by atoms with Gasteiger partial charge in [0.1, 0.15) is 11.2 Å². The summed E-state index contributed by atoms with van der Waals surface area (Å²) >= 11 is 0. The third kappa shape index (κ3) is 3.78. The van der Waals surface area contributed by atoms with Gasteiger partial charge in [-0.05, 0) is 85.8 Å². The zero-order chi connectivity index (χ0) is 19.6. The lowest BCUT2D eigenvalue weighted by Crippen LogP contribution is -2.52. The quantitative estimate of drug-likeness (QED) is 0.739. The molecule has 0 heterocycles. The Labute approximate surface area is 167 Å². The summed E-state index contributed by atoms with van der Waals surface area (Å²) < 4.78 is 0. The lowest BCUT2D eigenvalue weighted by Gasteiger charge is -2.37. The van der Waals surface area contributed by atoms with Crippen LogP contribution in [-0.4, -0.2) is 27.2 Å².